The molecule has 5 nitrogen and oxygen atoms in total. The van der Waals surface area contributed by atoms with Crippen molar-refractivity contribution in [3.63, 3.8) is 0 Å². The van der Waals surface area contributed by atoms with E-state index in [-0.39, 0.29) is 11.9 Å². The third kappa shape index (κ3) is 3.68. The first-order valence-corrected chi connectivity index (χ1v) is 6.66. The molecule has 0 aliphatic heterocycles. The number of hydrogen-bond acceptors (Lipinski definition) is 4. The number of nitrogens with two attached hydrogens (primary N) is 1. The molecule has 0 unspecified atom stereocenters. The fourth-order valence-electron chi connectivity index (χ4n) is 2.32. The van der Waals surface area contributed by atoms with E-state index in [1.165, 1.54) is 32.1 Å². The molecule has 0 saturated heterocycles. The molecule has 1 saturated carbocycles. The van der Waals surface area contributed by atoms with Crippen LogP contribution in [0.5, 0.6) is 0 Å². The molecule has 0 radical (unpaired) electrons. The molecule has 18 heavy (non-hydrogen) atoms. The first-order valence-electron chi connectivity index (χ1n) is 6.66. The Hall–Kier alpha value is -1.65. The summed E-state index contributed by atoms with van der Waals surface area (Å²) in [4.78, 5) is 12.0. The second kappa shape index (κ2) is 6.33. The maximum Gasteiger partial charge on any atom is 0.272 e. The van der Waals surface area contributed by atoms with E-state index in [9.17, 15) is 4.79 Å². The van der Waals surface area contributed by atoms with Gasteiger partial charge in [-0.1, -0.05) is 32.1 Å². The van der Waals surface area contributed by atoms with Gasteiger partial charge < -0.3 is 11.1 Å². The van der Waals surface area contributed by atoms with Crippen LogP contribution in [0.3, 0.4) is 0 Å². The molecule has 1 fully saturated rings. The van der Waals surface area contributed by atoms with Gasteiger partial charge in [-0.2, -0.15) is 0 Å². The highest BCUT2D eigenvalue weighted by Gasteiger charge is 2.16. The fraction of sp³-hybridized carbons (Fsp3) is 0.615. The van der Waals surface area contributed by atoms with E-state index in [1.807, 2.05) is 0 Å². The van der Waals surface area contributed by atoms with Gasteiger partial charge in [-0.3, -0.25) is 4.79 Å². The van der Waals surface area contributed by atoms with Crippen molar-refractivity contribution in [2.75, 3.05) is 5.73 Å². The van der Waals surface area contributed by atoms with Gasteiger partial charge in [0, 0.05) is 6.04 Å². The molecule has 5 heteroatoms. The Bertz CT molecular complexity index is 382. The lowest BCUT2D eigenvalue weighted by atomic mass is 9.96. The van der Waals surface area contributed by atoms with E-state index in [1.54, 1.807) is 12.1 Å². The molecule has 2 rings (SSSR count). The van der Waals surface area contributed by atoms with E-state index >= 15 is 0 Å². The second-order valence-corrected chi connectivity index (χ2v) is 4.86. The van der Waals surface area contributed by atoms with Crippen LogP contribution >= 0.6 is 0 Å². The van der Waals surface area contributed by atoms with Crippen LogP contribution in [0.2, 0.25) is 0 Å². The number of anilines is 1. The number of nitrogens with zero attached hydrogens (tertiary/aromatic N) is 2. The third-order valence-electron chi connectivity index (χ3n) is 3.36. The van der Waals surface area contributed by atoms with Crippen molar-refractivity contribution < 1.29 is 4.79 Å². The van der Waals surface area contributed by atoms with Gasteiger partial charge in [0.1, 0.15) is 5.82 Å². The molecular formula is C13H20N4O. The lowest BCUT2D eigenvalue weighted by molar-refractivity contribution is 0.0924. The number of nitrogens with one attached hydrogen (secondary N) is 1. The Morgan fingerprint density at radius 3 is 2.39 bits per heavy atom. The Labute approximate surface area is 107 Å². The van der Waals surface area contributed by atoms with Crippen LogP contribution in [0.4, 0.5) is 5.82 Å². The van der Waals surface area contributed by atoms with E-state index in [0.717, 1.165) is 12.8 Å². The molecule has 0 atom stereocenters. The molecule has 1 aliphatic rings. The average molecular weight is 248 g/mol. The summed E-state index contributed by atoms with van der Waals surface area (Å²) in [5, 5.41) is 10.5. The highest BCUT2D eigenvalue weighted by atomic mass is 16.2. The zero-order valence-electron chi connectivity index (χ0n) is 10.6. The van der Waals surface area contributed by atoms with Crippen LogP contribution in [0, 0.1) is 0 Å². The van der Waals surface area contributed by atoms with Crippen LogP contribution in [-0.4, -0.2) is 22.1 Å². The lowest BCUT2D eigenvalue weighted by Crippen LogP contribution is -2.35. The maximum atomic E-state index is 12.0. The van der Waals surface area contributed by atoms with Crippen LogP contribution in [0.1, 0.15) is 55.4 Å². The SMILES string of the molecule is Nc1ccc(C(=O)NC2CCCCCCC2)nn1. The van der Waals surface area contributed by atoms with Crippen molar-refractivity contribution in [3.05, 3.63) is 17.8 Å². The van der Waals surface area contributed by atoms with E-state index in [0.29, 0.717) is 11.5 Å². The zero-order valence-corrected chi connectivity index (χ0v) is 10.6. The van der Waals surface area contributed by atoms with Gasteiger partial charge in [-0.05, 0) is 25.0 Å². The van der Waals surface area contributed by atoms with E-state index < -0.39 is 0 Å². The fourth-order valence-corrected chi connectivity index (χ4v) is 2.32. The van der Waals surface area contributed by atoms with Crippen molar-refractivity contribution in [1.29, 1.82) is 0 Å². The van der Waals surface area contributed by atoms with Crippen molar-refractivity contribution in [1.82, 2.24) is 15.5 Å². The Morgan fingerprint density at radius 1 is 1.11 bits per heavy atom. The van der Waals surface area contributed by atoms with Crippen LogP contribution in [-0.2, 0) is 0 Å². The van der Waals surface area contributed by atoms with Crippen molar-refractivity contribution in [3.8, 4) is 0 Å². The summed E-state index contributed by atoms with van der Waals surface area (Å²) in [6, 6.07) is 3.48. The first-order chi connectivity index (χ1) is 8.75. The number of carbonyl (C=O) groups is 1. The number of rotatable bonds is 2. The summed E-state index contributed by atoms with van der Waals surface area (Å²) in [6.45, 7) is 0. The van der Waals surface area contributed by atoms with Gasteiger partial charge in [0.2, 0.25) is 0 Å². The number of amides is 1. The minimum atomic E-state index is -0.145. The Balaban J connectivity index is 1.91. The summed E-state index contributed by atoms with van der Waals surface area (Å²) in [5.74, 6) is 0.186. The molecule has 0 spiro atoms. The van der Waals surface area contributed by atoms with Gasteiger partial charge in [0.05, 0.1) is 0 Å². The molecule has 1 aromatic rings. The smallest absolute Gasteiger partial charge is 0.272 e. The van der Waals surface area contributed by atoms with Gasteiger partial charge in [0.15, 0.2) is 5.69 Å². The molecule has 0 bridgehead atoms. The Morgan fingerprint density at radius 2 is 1.78 bits per heavy atom. The number of nitrogen functional groups attached to an aromatic ring is 1. The summed E-state index contributed by atoms with van der Waals surface area (Å²) < 4.78 is 0. The standard InChI is InChI=1S/C13H20N4O/c14-12-9-8-11(16-17-12)13(18)15-10-6-4-2-1-3-5-7-10/h8-10H,1-7H2,(H2,14,17)(H,15,18). The van der Waals surface area contributed by atoms with Crippen LogP contribution in [0.25, 0.3) is 0 Å². The molecule has 1 aromatic heterocycles. The minimum Gasteiger partial charge on any atom is -0.382 e. The summed E-state index contributed by atoms with van der Waals surface area (Å²) >= 11 is 0. The van der Waals surface area contributed by atoms with Crippen molar-refractivity contribution in [2.24, 2.45) is 0 Å². The number of hydrogen-bond donors (Lipinski definition) is 2. The summed E-state index contributed by atoms with van der Waals surface area (Å²) in [7, 11) is 0. The minimum absolute atomic E-state index is 0.145. The average Bonchev–Trinajstić information content (AvgIpc) is 2.33. The topological polar surface area (TPSA) is 80.9 Å². The van der Waals surface area contributed by atoms with Gasteiger partial charge in [-0.15, -0.1) is 10.2 Å². The predicted octanol–water partition coefficient (Wildman–Crippen LogP) is 1.90. The first kappa shape index (κ1) is 12.8. The molecule has 0 aromatic carbocycles. The Kier molecular flexibility index (Phi) is 4.50. The monoisotopic (exact) mass is 248 g/mol. The van der Waals surface area contributed by atoms with Crippen LogP contribution in [0.15, 0.2) is 12.1 Å². The third-order valence-corrected chi connectivity index (χ3v) is 3.36. The predicted molar refractivity (Wildman–Crippen MR) is 70.0 cm³/mol. The number of aromatic nitrogens is 2. The lowest BCUT2D eigenvalue weighted by Gasteiger charge is -2.20. The van der Waals surface area contributed by atoms with E-state index in [4.69, 9.17) is 5.73 Å². The highest BCUT2D eigenvalue weighted by Crippen LogP contribution is 2.17. The molecule has 98 valence electrons. The number of carbonyl (C=O) groups excluding carboxylic acids is 1. The normalized spacial score (nSPS) is 17.8. The molecular weight excluding hydrogens is 228 g/mol. The summed E-state index contributed by atoms with van der Waals surface area (Å²) in [5.41, 5.74) is 5.78. The quantitative estimate of drug-likeness (QED) is 0.837. The maximum absolute atomic E-state index is 12.0. The molecule has 1 amide bonds. The van der Waals surface area contributed by atoms with Crippen molar-refractivity contribution >= 4 is 11.7 Å². The van der Waals surface area contributed by atoms with E-state index in [2.05, 4.69) is 15.5 Å². The molecule has 1 heterocycles. The molecule has 3 N–H and O–H groups in total. The van der Waals surface area contributed by atoms with Gasteiger partial charge in [0.25, 0.3) is 5.91 Å². The second-order valence-electron chi connectivity index (χ2n) is 4.86. The zero-order chi connectivity index (χ0) is 12.8. The van der Waals surface area contributed by atoms with Gasteiger partial charge >= 0.3 is 0 Å². The highest BCUT2D eigenvalue weighted by molar-refractivity contribution is 5.92. The largest absolute Gasteiger partial charge is 0.382 e. The van der Waals surface area contributed by atoms with Gasteiger partial charge in [-0.25, -0.2) is 0 Å². The molecule has 1 aliphatic carbocycles. The summed E-state index contributed by atoms with van der Waals surface area (Å²) in [6.07, 6.45) is 8.38. The van der Waals surface area contributed by atoms with Crippen LogP contribution < -0.4 is 11.1 Å². The van der Waals surface area contributed by atoms with Crippen molar-refractivity contribution in [2.45, 2.75) is 51.0 Å².